The molecule has 0 radical (unpaired) electrons. The summed E-state index contributed by atoms with van der Waals surface area (Å²) in [4.78, 5) is 11.0. The summed E-state index contributed by atoms with van der Waals surface area (Å²) in [7, 11) is 1.82. The molecule has 2 N–H and O–H groups in total. The average molecular weight is 225 g/mol. The highest BCUT2D eigenvalue weighted by molar-refractivity contribution is 5.77. The van der Waals surface area contributed by atoms with Crippen LogP contribution in [0.1, 0.15) is 31.9 Å². The van der Waals surface area contributed by atoms with Crippen LogP contribution in [-0.2, 0) is 11.8 Å². The predicted molar refractivity (Wildman–Crippen MR) is 62.5 cm³/mol. The predicted octanol–water partition coefficient (Wildman–Crippen LogP) is 1.78. The van der Waals surface area contributed by atoms with E-state index in [1.54, 1.807) is 10.9 Å². The average Bonchev–Trinajstić information content (AvgIpc) is 2.51. The zero-order valence-electron chi connectivity index (χ0n) is 10.0. The molecule has 1 aromatic heterocycles. The van der Waals surface area contributed by atoms with Crippen molar-refractivity contribution in [2.45, 2.75) is 39.2 Å². The van der Waals surface area contributed by atoms with Gasteiger partial charge >= 0.3 is 5.97 Å². The van der Waals surface area contributed by atoms with Gasteiger partial charge in [-0.3, -0.25) is 4.68 Å². The molecule has 0 aliphatic heterocycles. The fraction of sp³-hybridized carbons (Fsp3) is 0.636. The summed E-state index contributed by atoms with van der Waals surface area (Å²) in [5.74, 6) is -0.809. The molecule has 16 heavy (non-hydrogen) atoms. The Morgan fingerprint density at radius 2 is 2.38 bits per heavy atom. The first kappa shape index (κ1) is 12.5. The number of nitrogens with zero attached hydrogens (tertiary/aromatic N) is 2. The minimum Gasteiger partial charge on any atom is -0.480 e. The molecule has 0 spiro atoms. The van der Waals surface area contributed by atoms with Crippen LogP contribution in [0.15, 0.2) is 6.20 Å². The van der Waals surface area contributed by atoms with E-state index in [4.69, 9.17) is 5.11 Å². The van der Waals surface area contributed by atoms with E-state index in [9.17, 15) is 4.79 Å². The fourth-order valence-corrected chi connectivity index (χ4v) is 1.59. The van der Waals surface area contributed by atoms with Crippen molar-refractivity contribution in [3.8, 4) is 0 Å². The summed E-state index contributed by atoms with van der Waals surface area (Å²) < 4.78 is 1.68. The van der Waals surface area contributed by atoms with Crippen molar-refractivity contribution in [2.24, 2.45) is 7.05 Å². The summed E-state index contributed by atoms with van der Waals surface area (Å²) in [5.41, 5.74) is 1.62. The monoisotopic (exact) mass is 225 g/mol. The van der Waals surface area contributed by atoms with Gasteiger partial charge < -0.3 is 10.4 Å². The van der Waals surface area contributed by atoms with E-state index in [-0.39, 0.29) is 0 Å². The van der Waals surface area contributed by atoms with Gasteiger partial charge in [0.2, 0.25) is 0 Å². The first-order valence-corrected chi connectivity index (χ1v) is 5.54. The third-order valence-corrected chi connectivity index (χ3v) is 2.49. The third-order valence-electron chi connectivity index (χ3n) is 2.49. The number of hydrogen-bond donors (Lipinski definition) is 2. The zero-order valence-corrected chi connectivity index (χ0v) is 10.0. The number of rotatable bonds is 6. The first-order valence-electron chi connectivity index (χ1n) is 5.54. The Morgan fingerprint density at radius 1 is 1.69 bits per heavy atom. The van der Waals surface area contributed by atoms with Crippen molar-refractivity contribution < 1.29 is 9.90 Å². The molecular weight excluding hydrogens is 206 g/mol. The molecule has 1 aromatic rings. The summed E-state index contributed by atoms with van der Waals surface area (Å²) in [6, 6.07) is -0.525. The Hall–Kier alpha value is -1.52. The largest absolute Gasteiger partial charge is 0.480 e. The van der Waals surface area contributed by atoms with Crippen LogP contribution < -0.4 is 5.32 Å². The van der Waals surface area contributed by atoms with Gasteiger partial charge in [0.15, 0.2) is 0 Å². The van der Waals surface area contributed by atoms with E-state index in [0.29, 0.717) is 6.42 Å². The summed E-state index contributed by atoms with van der Waals surface area (Å²) in [6.07, 6.45) is 4.35. The second-order valence-corrected chi connectivity index (χ2v) is 3.98. The Morgan fingerprint density at radius 3 is 2.81 bits per heavy atom. The molecule has 1 heterocycles. The van der Waals surface area contributed by atoms with Crippen molar-refractivity contribution in [3.63, 3.8) is 0 Å². The Bertz CT molecular complexity index is 360. The number of carboxylic acids is 1. The first-order chi connectivity index (χ1) is 7.54. The van der Waals surface area contributed by atoms with Crippen molar-refractivity contribution in [1.82, 2.24) is 9.78 Å². The molecule has 1 atom stereocenters. The highest BCUT2D eigenvalue weighted by Crippen LogP contribution is 2.15. The number of aliphatic carboxylic acids is 1. The maximum atomic E-state index is 11.0. The zero-order chi connectivity index (χ0) is 12.1. The van der Waals surface area contributed by atoms with Crippen LogP contribution >= 0.6 is 0 Å². The van der Waals surface area contributed by atoms with Crippen LogP contribution in [0.25, 0.3) is 0 Å². The Labute approximate surface area is 95.5 Å². The lowest BCUT2D eigenvalue weighted by atomic mass is 10.1. The van der Waals surface area contributed by atoms with E-state index in [1.807, 2.05) is 20.9 Å². The van der Waals surface area contributed by atoms with Crippen LogP contribution in [0.2, 0.25) is 0 Å². The maximum absolute atomic E-state index is 11.0. The lowest BCUT2D eigenvalue weighted by molar-refractivity contribution is -0.138. The molecule has 1 rings (SSSR count). The van der Waals surface area contributed by atoms with Crippen molar-refractivity contribution in [2.75, 3.05) is 5.32 Å². The van der Waals surface area contributed by atoms with Gasteiger partial charge in [0.05, 0.1) is 11.4 Å². The summed E-state index contributed by atoms with van der Waals surface area (Å²) in [6.45, 7) is 3.91. The molecule has 0 saturated carbocycles. The number of nitrogens with one attached hydrogen (secondary N) is 1. The van der Waals surface area contributed by atoms with Crippen molar-refractivity contribution in [1.29, 1.82) is 0 Å². The Kier molecular flexibility index (Phi) is 4.34. The molecule has 5 nitrogen and oxygen atoms in total. The number of unbranched alkanes of at least 4 members (excludes halogenated alkanes) is 1. The van der Waals surface area contributed by atoms with Gasteiger partial charge in [-0.1, -0.05) is 19.8 Å². The quantitative estimate of drug-likeness (QED) is 0.774. The second-order valence-electron chi connectivity index (χ2n) is 3.98. The van der Waals surface area contributed by atoms with Gasteiger partial charge in [-0.15, -0.1) is 0 Å². The van der Waals surface area contributed by atoms with Gasteiger partial charge in [0, 0.05) is 13.2 Å². The minimum atomic E-state index is -0.809. The van der Waals surface area contributed by atoms with E-state index in [2.05, 4.69) is 10.4 Å². The molecule has 0 aliphatic carbocycles. The molecule has 0 fully saturated rings. The van der Waals surface area contributed by atoms with Crippen LogP contribution in [0, 0.1) is 6.92 Å². The van der Waals surface area contributed by atoms with E-state index < -0.39 is 12.0 Å². The number of hydrogen-bond acceptors (Lipinski definition) is 3. The SMILES string of the molecule is CCCCC(Nc1cn(C)nc1C)C(=O)O. The second kappa shape index (κ2) is 5.53. The van der Waals surface area contributed by atoms with E-state index in [1.165, 1.54) is 0 Å². The van der Waals surface area contributed by atoms with E-state index in [0.717, 1.165) is 24.2 Å². The number of aryl methyl sites for hydroxylation is 2. The van der Waals surface area contributed by atoms with Crippen LogP contribution in [0.3, 0.4) is 0 Å². The normalized spacial score (nSPS) is 12.4. The molecule has 0 aromatic carbocycles. The van der Waals surface area contributed by atoms with Gasteiger partial charge in [-0.25, -0.2) is 4.79 Å². The highest BCUT2D eigenvalue weighted by Gasteiger charge is 2.17. The van der Waals surface area contributed by atoms with Gasteiger partial charge in [-0.2, -0.15) is 5.10 Å². The van der Waals surface area contributed by atoms with Crippen LogP contribution in [0.4, 0.5) is 5.69 Å². The molecule has 0 bridgehead atoms. The van der Waals surface area contributed by atoms with Gasteiger partial charge in [-0.05, 0) is 13.3 Å². The summed E-state index contributed by atoms with van der Waals surface area (Å²) >= 11 is 0. The molecule has 0 saturated heterocycles. The van der Waals surface area contributed by atoms with Crippen LogP contribution in [-0.4, -0.2) is 26.9 Å². The standard InChI is InChI=1S/C11H19N3O2/c1-4-5-6-9(11(15)16)12-10-7-14(3)13-8(10)2/h7,9,12H,4-6H2,1-3H3,(H,15,16). The lowest BCUT2D eigenvalue weighted by Gasteiger charge is -2.14. The topological polar surface area (TPSA) is 67.2 Å². The molecular formula is C11H19N3O2. The highest BCUT2D eigenvalue weighted by atomic mass is 16.4. The van der Waals surface area contributed by atoms with Crippen LogP contribution in [0.5, 0.6) is 0 Å². The maximum Gasteiger partial charge on any atom is 0.326 e. The third kappa shape index (κ3) is 3.25. The number of aromatic nitrogens is 2. The smallest absolute Gasteiger partial charge is 0.326 e. The van der Waals surface area contributed by atoms with Gasteiger partial charge in [0.1, 0.15) is 6.04 Å². The number of carboxylic acid groups (broad SMARTS) is 1. The number of carbonyl (C=O) groups is 1. The van der Waals surface area contributed by atoms with E-state index >= 15 is 0 Å². The van der Waals surface area contributed by atoms with Gasteiger partial charge in [0.25, 0.3) is 0 Å². The lowest BCUT2D eigenvalue weighted by Crippen LogP contribution is -2.29. The Balaban J connectivity index is 2.67. The molecule has 0 aliphatic rings. The fourth-order valence-electron chi connectivity index (χ4n) is 1.59. The summed E-state index contributed by atoms with van der Waals surface area (Å²) in [5, 5.41) is 16.3. The molecule has 0 amide bonds. The molecule has 5 heteroatoms. The number of anilines is 1. The molecule has 90 valence electrons. The minimum absolute atomic E-state index is 0.525. The van der Waals surface area contributed by atoms with Crippen molar-refractivity contribution >= 4 is 11.7 Å². The molecule has 1 unspecified atom stereocenters. The van der Waals surface area contributed by atoms with Crippen molar-refractivity contribution in [3.05, 3.63) is 11.9 Å².